The molecule has 0 aliphatic carbocycles. The predicted octanol–water partition coefficient (Wildman–Crippen LogP) is 3.32. The lowest BCUT2D eigenvalue weighted by Crippen LogP contribution is -2.34. The molecule has 1 saturated heterocycles. The lowest BCUT2D eigenvalue weighted by Gasteiger charge is -2.32. The van der Waals surface area contributed by atoms with Gasteiger partial charge in [0.15, 0.2) is 5.82 Å². The van der Waals surface area contributed by atoms with Crippen molar-refractivity contribution in [2.24, 2.45) is 0 Å². The van der Waals surface area contributed by atoms with Gasteiger partial charge >= 0.3 is 0 Å². The SMILES string of the molecule is Cc1nc(-c2ncc(C)[nH]2)cc([C@H]2CCCN(Cc3cncs3)C2)n1. The van der Waals surface area contributed by atoms with E-state index in [0.29, 0.717) is 5.92 Å². The highest BCUT2D eigenvalue weighted by atomic mass is 32.1. The Morgan fingerprint density at radius 1 is 1.28 bits per heavy atom. The third-order valence-electron chi connectivity index (χ3n) is 4.59. The number of rotatable bonds is 4. The Kier molecular flexibility index (Phi) is 4.59. The molecule has 1 N–H and O–H groups in total. The van der Waals surface area contributed by atoms with E-state index < -0.39 is 0 Å². The van der Waals surface area contributed by atoms with E-state index in [1.807, 2.05) is 31.8 Å². The van der Waals surface area contributed by atoms with E-state index in [-0.39, 0.29) is 0 Å². The van der Waals surface area contributed by atoms with E-state index in [4.69, 9.17) is 4.98 Å². The van der Waals surface area contributed by atoms with E-state index in [2.05, 4.69) is 30.9 Å². The number of thiazole rings is 1. The quantitative estimate of drug-likeness (QED) is 0.778. The molecule has 6 nitrogen and oxygen atoms in total. The number of aryl methyl sites for hydroxylation is 2. The fourth-order valence-corrected chi connectivity index (χ4v) is 4.08. The van der Waals surface area contributed by atoms with Gasteiger partial charge in [-0.05, 0) is 39.3 Å². The predicted molar refractivity (Wildman–Crippen MR) is 98.5 cm³/mol. The van der Waals surface area contributed by atoms with Crippen LogP contribution >= 0.6 is 11.3 Å². The van der Waals surface area contributed by atoms with Crippen molar-refractivity contribution >= 4 is 11.3 Å². The molecule has 0 spiro atoms. The normalized spacial score (nSPS) is 18.6. The number of aromatic nitrogens is 5. The molecule has 3 aromatic rings. The van der Waals surface area contributed by atoms with Gasteiger partial charge in [0.1, 0.15) is 11.5 Å². The molecule has 0 saturated carbocycles. The summed E-state index contributed by atoms with van der Waals surface area (Å²) in [6, 6.07) is 2.10. The lowest BCUT2D eigenvalue weighted by molar-refractivity contribution is 0.200. The molecular formula is C18H22N6S. The Hall–Kier alpha value is -2.12. The maximum atomic E-state index is 4.73. The van der Waals surface area contributed by atoms with Gasteiger partial charge in [0.05, 0.1) is 5.51 Å². The largest absolute Gasteiger partial charge is 0.341 e. The van der Waals surface area contributed by atoms with Crippen molar-refractivity contribution in [2.75, 3.05) is 13.1 Å². The summed E-state index contributed by atoms with van der Waals surface area (Å²) in [4.78, 5) is 25.0. The van der Waals surface area contributed by atoms with Crippen LogP contribution in [0.4, 0.5) is 0 Å². The number of piperidine rings is 1. The second kappa shape index (κ2) is 7.01. The minimum Gasteiger partial charge on any atom is -0.341 e. The van der Waals surface area contributed by atoms with Crippen molar-refractivity contribution in [1.82, 2.24) is 29.8 Å². The molecule has 0 amide bonds. The van der Waals surface area contributed by atoms with Gasteiger partial charge in [-0.3, -0.25) is 9.88 Å². The third-order valence-corrected chi connectivity index (χ3v) is 5.35. The highest BCUT2D eigenvalue weighted by Crippen LogP contribution is 2.28. The highest BCUT2D eigenvalue weighted by molar-refractivity contribution is 7.09. The summed E-state index contributed by atoms with van der Waals surface area (Å²) in [7, 11) is 0. The van der Waals surface area contributed by atoms with Crippen LogP contribution in [-0.4, -0.2) is 42.9 Å². The number of imidazole rings is 1. The monoisotopic (exact) mass is 354 g/mol. The summed E-state index contributed by atoms with van der Waals surface area (Å²) >= 11 is 1.73. The topological polar surface area (TPSA) is 70.6 Å². The average molecular weight is 354 g/mol. The Morgan fingerprint density at radius 3 is 2.96 bits per heavy atom. The van der Waals surface area contributed by atoms with Crippen LogP contribution in [0.5, 0.6) is 0 Å². The second-order valence-corrected chi connectivity index (χ2v) is 7.65. The summed E-state index contributed by atoms with van der Waals surface area (Å²) in [6.45, 7) is 7.12. The number of H-pyrrole nitrogens is 1. The van der Waals surface area contributed by atoms with Crippen LogP contribution in [0, 0.1) is 13.8 Å². The van der Waals surface area contributed by atoms with Gasteiger partial charge in [-0.15, -0.1) is 11.3 Å². The minimum atomic E-state index is 0.443. The molecule has 1 aliphatic rings. The van der Waals surface area contributed by atoms with Crippen LogP contribution in [0.15, 0.2) is 24.0 Å². The van der Waals surface area contributed by atoms with Gasteiger partial charge in [-0.1, -0.05) is 0 Å². The highest BCUT2D eigenvalue weighted by Gasteiger charge is 2.24. The van der Waals surface area contributed by atoms with Crippen molar-refractivity contribution in [1.29, 1.82) is 0 Å². The zero-order valence-electron chi connectivity index (χ0n) is 14.6. The fourth-order valence-electron chi connectivity index (χ4n) is 3.45. The van der Waals surface area contributed by atoms with Crippen LogP contribution in [0.1, 0.15) is 40.8 Å². The number of nitrogens with one attached hydrogen (secondary N) is 1. The number of nitrogens with zero attached hydrogens (tertiary/aromatic N) is 5. The first kappa shape index (κ1) is 16.4. The Balaban J connectivity index is 1.55. The standard InChI is InChI=1S/C18H22N6S/c1-12-7-20-18(21-12)17-6-16(22-13(2)23-17)14-4-3-5-24(9-14)10-15-8-19-11-25-15/h6-8,11,14H,3-5,9-10H2,1-2H3,(H,20,21)/t14-/m0/s1. The van der Waals surface area contributed by atoms with Gasteiger partial charge in [-0.25, -0.2) is 15.0 Å². The maximum Gasteiger partial charge on any atom is 0.156 e. The maximum absolute atomic E-state index is 4.73. The molecule has 7 heteroatoms. The van der Waals surface area contributed by atoms with Crippen molar-refractivity contribution in [2.45, 2.75) is 39.2 Å². The Labute approximate surface area is 151 Å². The summed E-state index contributed by atoms with van der Waals surface area (Å²) < 4.78 is 0. The van der Waals surface area contributed by atoms with Crippen molar-refractivity contribution in [3.63, 3.8) is 0 Å². The lowest BCUT2D eigenvalue weighted by atomic mass is 9.94. The molecule has 4 rings (SSSR count). The fraction of sp³-hybridized carbons (Fsp3) is 0.444. The minimum absolute atomic E-state index is 0.443. The van der Waals surface area contributed by atoms with Crippen LogP contribution in [-0.2, 0) is 6.54 Å². The van der Waals surface area contributed by atoms with Crippen molar-refractivity contribution in [3.8, 4) is 11.5 Å². The first-order chi connectivity index (χ1) is 12.2. The number of likely N-dealkylation sites (tertiary alicyclic amines) is 1. The van der Waals surface area contributed by atoms with E-state index in [9.17, 15) is 0 Å². The van der Waals surface area contributed by atoms with E-state index >= 15 is 0 Å². The number of hydrogen-bond donors (Lipinski definition) is 1. The van der Waals surface area contributed by atoms with Gasteiger partial charge < -0.3 is 4.98 Å². The number of hydrogen-bond acceptors (Lipinski definition) is 6. The second-order valence-electron chi connectivity index (χ2n) is 6.68. The van der Waals surface area contributed by atoms with Crippen molar-refractivity contribution < 1.29 is 0 Å². The molecule has 1 atom stereocenters. The van der Waals surface area contributed by atoms with Crippen molar-refractivity contribution in [3.05, 3.63) is 46.1 Å². The number of aromatic amines is 1. The molecule has 25 heavy (non-hydrogen) atoms. The smallest absolute Gasteiger partial charge is 0.156 e. The van der Waals surface area contributed by atoms with E-state index in [1.54, 1.807) is 11.3 Å². The Bertz CT molecular complexity index is 841. The Morgan fingerprint density at radius 2 is 2.20 bits per heavy atom. The molecular weight excluding hydrogens is 332 g/mol. The first-order valence-corrected chi connectivity index (χ1v) is 9.52. The van der Waals surface area contributed by atoms with Gasteiger partial charge in [0.25, 0.3) is 0 Å². The average Bonchev–Trinajstić information content (AvgIpc) is 3.26. The van der Waals surface area contributed by atoms with Crippen LogP contribution in [0.25, 0.3) is 11.5 Å². The summed E-state index contributed by atoms with van der Waals surface area (Å²) in [6.07, 6.45) is 6.18. The van der Waals surface area contributed by atoms with E-state index in [0.717, 1.165) is 48.4 Å². The van der Waals surface area contributed by atoms with Crippen LogP contribution in [0.3, 0.4) is 0 Å². The molecule has 1 fully saturated rings. The zero-order chi connectivity index (χ0) is 17.2. The van der Waals surface area contributed by atoms with E-state index in [1.165, 1.54) is 17.7 Å². The molecule has 0 bridgehead atoms. The molecule has 1 aliphatic heterocycles. The zero-order valence-corrected chi connectivity index (χ0v) is 15.4. The molecule has 0 aromatic carbocycles. The molecule has 130 valence electrons. The van der Waals surface area contributed by atoms with Crippen LogP contribution < -0.4 is 0 Å². The van der Waals surface area contributed by atoms with Gasteiger partial charge in [0, 0.05) is 47.7 Å². The molecule has 4 heterocycles. The summed E-state index contributed by atoms with van der Waals surface area (Å²) in [5, 5.41) is 0. The molecule has 0 radical (unpaired) electrons. The molecule has 0 unspecified atom stereocenters. The molecule has 3 aromatic heterocycles. The summed E-state index contributed by atoms with van der Waals surface area (Å²) in [5.41, 5.74) is 4.96. The van der Waals surface area contributed by atoms with Gasteiger partial charge in [0.2, 0.25) is 0 Å². The third kappa shape index (κ3) is 3.77. The first-order valence-electron chi connectivity index (χ1n) is 8.64. The van der Waals surface area contributed by atoms with Crippen LogP contribution in [0.2, 0.25) is 0 Å². The summed E-state index contributed by atoms with van der Waals surface area (Å²) in [5.74, 6) is 2.07. The van der Waals surface area contributed by atoms with Gasteiger partial charge in [-0.2, -0.15) is 0 Å².